The Bertz CT molecular complexity index is 712. The van der Waals surface area contributed by atoms with Crippen molar-refractivity contribution in [3.05, 3.63) is 42.0 Å². The second-order valence-corrected chi connectivity index (χ2v) is 6.15. The van der Waals surface area contributed by atoms with E-state index >= 15 is 0 Å². The van der Waals surface area contributed by atoms with Gasteiger partial charge in [-0.15, -0.1) is 0 Å². The lowest BCUT2D eigenvalue weighted by molar-refractivity contribution is -0.120. The van der Waals surface area contributed by atoms with Crippen LogP contribution in [0.3, 0.4) is 0 Å². The predicted molar refractivity (Wildman–Crippen MR) is 86.8 cm³/mol. The molecular weight excluding hydrogens is 295 g/mol. The van der Waals surface area contributed by atoms with Crippen LogP contribution in [0.2, 0.25) is 0 Å². The van der Waals surface area contributed by atoms with Crippen LogP contribution in [0.15, 0.2) is 30.6 Å². The van der Waals surface area contributed by atoms with E-state index in [0.717, 1.165) is 24.8 Å². The monoisotopic (exact) mass is 316 g/mol. The average Bonchev–Trinajstić information content (AvgIpc) is 3.16. The molecule has 6 heteroatoms. The number of nitrogens with two attached hydrogens (primary N) is 1. The number of hydrogen-bond acceptors (Lipinski definition) is 3. The maximum atomic E-state index is 14.3. The van der Waals surface area contributed by atoms with E-state index < -0.39 is 5.82 Å². The lowest BCUT2D eigenvalue weighted by atomic mass is 9.95. The third kappa shape index (κ3) is 3.27. The zero-order chi connectivity index (χ0) is 16.4. The molecule has 0 radical (unpaired) electrons. The third-order valence-electron chi connectivity index (χ3n) is 4.47. The minimum absolute atomic E-state index is 0.0694. The van der Waals surface area contributed by atoms with Crippen LogP contribution in [0.25, 0.3) is 5.69 Å². The zero-order valence-corrected chi connectivity index (χ0v) is 13.1. The molecule has 0 unspecified atom stereocenters. The van der Waals surface area contributed by atoms with E-state index in [2.05, 4.69) is 10.4 Å². The van der Waals surface area contributed by atoms with E-state index in [0.29, 0.717) is 17.9 Å². The van der Waals surface area contributed by atoms with Crippen molar-refractivity contribution in [2.45, 2.75) is 26.2 Å². The van der Waals surface area contributed by atoms with Crippen LogP contribution in [-0.4, -0.2) is 22.2 Å². The van der Waals surface area contributed by atoms with Crippen molar-refractivity contribution in [3.8, 4) is 5.69 Å². The number of amides is 1. The van der Waals surface area contributed by atoms with Crippen molar-refractivity contribution in [1.82, 2.24) is 9.78 Å². The Hall–Kier alpha value is -2.21. The molecule has 1 aromatic carbocycles. The van der Waals surface area contributed by atoms with Crippen molar-refractivity contribution in [1.29, 1.82) is 0 Å². The molecule has 3 N–H and O–H groups in total. The number of benzene rings is 1. The van der Waals surface area contributed by atoms with Gasteiger partial charge >= 0.3 is 0 Å². The van der Waals surface area contributed by atoms with Crippen molar-refractivity contribution < 1.29 is 9.18 Å². The molecule has 0 spiro atoms. The molecule has 1 aliphatic carbocycles. The van der Waals surface area contributed by atoms with Gasteiger partial charge in [0, 0.05) is 17.8 Å². The minimum atomic E-state index is -0.423. The average molecular weight is 316 g/mol. The summed E-state index contributed by atoms with van der Waals surface area (Å²) in [5.41, 5.74) is 7.49. The van der Waals surface area contributed by atoms with E-state index in [1.807, 2.05) is 6.92 Å². The highest BCUT2D eigenvalue weighted by molar-refractivity contribution is 5.93. The predicted octanol–water partition coefficient (Wildman–Crippen LogP) is 2.63. The molecule has 1 saturated carbocycles. The van der Waals surface area contributed by atoms with Crippen LogP contribution >= 0.6 is 0 Å². The first-order chi connectivity index (χ1) is 11.1. The zero-order valence-electron chi connectivity index (χ0n) is 13.1. The molecule has 2 aromatic rings. The fraction of sp³-hybridized carbons (Fsp3) is 0.412. The number of aromatic nitrogens is 2. The van der Waals surface area contributed by atoms with E-state index in [-0.39, 0.29) is 17.7 Å². The maximum Gasteiger partial charge on any atom is 0.227 e. The largest absolute Gasteiger partial charge is 0.330 e. The van der Waals surface area contributed by atoms with Crippen molar-refractivity contribution in [3.63, 3.8) is 0 Å². The number of carbonyl (C=O) groups is 1. The van der Waals surface area contributed by atoms with E-state index in [4.69, 9.17) is 5.73 Å². The number of anilines is 1. The number of hydrogen-bond donors (Lipinski definition) is 2. The highest BCUT2D eigenvalue weighted by Crippen LogP contribution is 2.32. The maximum absolute atomic E-state index is 14.3. The van der Waals surface area contributed by atoms with Gasteiger partial charge in [-0.2, -0.15) is 5.10 Å². The second-order valence-electron chi connectivity index (χ2n) is 6.15. The molecule has 1 amide bonds. The molecule has 1 aliphatic rings. The third-order valence-corrected chi connectivity index (χ3v) is 4.47. The number of rotatable bonds is 4. The van der Waals surface area contributed by atoms with Gasteiger partial charge in [0.2, 0.25) is 5.91 Å². The van der Waals surface area contributed by atoms with E-state index in [9.17, 15) is 9.18 Å². The Morgan fingerprint density at radius 3 is 2.96 bits per heavy atom. The van der Waals surface area contributed by atoms with Gasteiger partial charge in [0.1, 0.15) is 5.69 Å². The Labute approximate surface area is 134 Å². The van der Waals surface area contributed by atoms with Crippen molar-refractivity contribution in [2.24, 2.45) is 17.6 Å². The lowest BCUT2D eigenvalue weighted by Crippen LogP contribution is -2.29. The highest BCUT2D eigenvalue weighted by Gasteiger charge is 2.31. The summed E-state index contributed by atoms with van der Waals surface area (Å²) in [5, 5.41) is 6.91. The SMILES string of the molecule is Cc1cnn(-c2ccc(NC(=O)[C@@H]3CCC[C@@H]3CN)cc2F)c1. The van der Waals surface area contributed by atoms with Gasteiger partial charge in [-0.3, -0.25) is 4.79 Å². The topological polar surface area (TPSA) is 72.9 Å². The minimum Gasteiger partial charge on any atom is -0.330 e. The van der Waals surface area contributed by atoms with Crippen LogP contribution in [0, 0.1) is 24.6 Å². The van der Waals surface area contributed by atoms with E-state index in [1.165, 1.54) is 10.7 Å². The van der Waals surface area contributed by atoms with Gasteiger partial charge in [0.05, 0.1) is 6.20 Å². The van der Waals surface area contributed by atoms with Crippen LogP contribution in [-0.2, 0) is 4.79 Å². The molecular formula is C17H21FN4O. The normalized spacial score (nSPS) is 20.7. The number of aryl methyl sites for hydroxylation is 1. The summed E-state index contributed by atoms with van der Waals surface area (Å²) in [6.07, 6.45) is 6.27. The molecule has 0 aliphatic heterocycles. The molecule has 3 rings (SSSR count). The van der Waals surface area contributed by atoms with Crippen LogP contribution in [0.5, 0.6) is 0 Å². The summed E-state index contributed by atoms with van der Waals surface area (Å²) >= 11 is 0. The summed E-state index contributed by atoms with van der Waals surface area (Å²) < 4.78 is 15.8. The number of halogens is 1. The fourth-order valence-corrected chi connectivity index (χ4v) is 3.21. The smallest absolute Gasteiger partial charge is 0.227 e. The van der Waals surface area contributed by atoms with Gasteiger partial charge in [0.25, 0.3) is 0 Å². The quantitative estimate of drug-likeness (QED) is 0.910. The lowest BCUT2D eigenvalue weighted by Gasteiger charge is -2.17. The first-order valence-electron chi connectivity index (χ1n) is 7.90. The first-order valence-corrected chi connectivity index (χ1v) is 7.90. The summed E-state index contributed by atoms with van der Waals surface area (Å²) in [6.45, 7) is 2.41. The molecule has 5 nitrogen and oxygen atoms in total. The van der Waals surface area contributed by atoms with Gasteiger partial charge in [0.15, 0.2) is 5.82 Å². The standard InChI is InChI=1S/C17H21FN4O/c1-11-9-20-22(10-11)16-6-5-13(7-15(16)18)21-17(23)14-4-2-3-12(14)8-19/h5-7,9-10,12,14H,2-4,8,19H2,1H3,(H,21,23)/t12-,14-/m1/s1. The van der Waals surface area contributed by atoms with Gasteiger partial charge in [-0.05, 0) is 56.0 Å². The molecule has 0 bridgehead atoms. The highest BCUT2D eigenvalue weighted by atomic mass is 19.1. The van der Waals surface area contributed by atoms with E-state index in [1.54, 1.807) is 24.5 Å². The Kier molecular flexibility index (Phi) is 4.43. The molecule has 2 atom stereocenters. The number of carbonyl (C=O) groups excluding carboxylic acids is 1. The van der Waals surface area contributed by atoms with Gasteiger partial charge < -0.3 is 11.1 Å². The summed E-state index contributed by atoms with van der Waals surface area (Å²) in [6, 6.07) is 4.64. The van der Waals surface area contributed by atoms with Gasteiger partial charge in [-0.1, -0.05) is 6.42 Å². The molecule has 1 aromatic heterocycles. The Morgan fingerprint density at radius 1 is 1.48 bits per heavy atom. The van der Waals surface area contributed by atoms with Crippen molar-refractivity contribution in [2.75, 3.05) is 11.9 Å². The summed E-state index contributed by atoms with van der Waals surface area (Å²) in [7, 11) is 0. The summed E-state index contributed by atoms with van der Waals surface area (Å²) in [4.78, 5) is 12.3. The Balaban J connectivity index is 1.74. The number of nitrogens with one attached hydrogen (secondary N) is 1. The molecule has 0 saturated heterocycles. The molecule has 1 fully saturated rings. The van der Waals surface area contributed by atoms with Gasteiger partial charge in [-0.25, -0.2) is 9.07 Å². The Morgan fingerprint density at radius 2 is 2.30 bits per heavy atom. The first kappa shape index (κ1) is 15.7. The van der Waals surface area contributed by atoms with Crippen LogP contribution in [0.4, 0.5) is 10.1 Å². The molecule has 23 heavy (non-hydrogen) atoms. The summed E-state index contributed by atoms with van der Waals surface area (Å²) in [5.74, 6) is -0.338. The molecule has 1 heterocycles. The van der Waals surface area contributed by atoms with Crippen LogP contribution < -0.4 is 11.1 Å². The second kappa shape index (κ2) is 6.50. The number of nitrogens with zero attached hydrogens (tertiary/aromatic N) is 2. The van der Waals surface area contributed by atoms with Crippen molar-refractivity contribution >= 4 is 11.6 Å². The van der Waals surface area contributed by atoms with Crippen LogP contribution in [0.1, 0.15) is 24.8 Å². The fourth-order valence-electron chi connectivity index (χ4n) is 3.21. The molecule has 122 valence electrons.